The van der Waals surface area contributed by atoms with Gasteiger partial charge in [0.25, 0.3) is 0 Å². The third-order valence-corrected chi connectivity index (χ3v) is 5.26. The number of hydrogen-bond donors (Lipinski definition) is 0. The van der Waals surface area contributed by atoms with Crippen LogP contribution in [0.1, 0.15) is 19.8 Å². The van der Waals surface area contributed by atoms with E-state index in [1.165, 1.54) is 4.46 Å². The van der Waals surface area contributed by atoms with Crippen LogP contribution in [0.5, 0.6) is 0 Å². The van der Waals surface area contributed by atoms with Crippen molar-refractivity contribution in [2.75, 3.05) is 0 Å². The molecule has 1 aliphatic heterocycles. The summed E-state index contributed by atoms with van der Waals surface area (Å²) in [6.45, 7) is 2.08. The predicted molar refractivity (Wildman–Crippen MR) is 60.4 cm³/mol. The summed E-state index contributed by atoms with van der Waals surface area (Å²) in [6.07, 6.45) is 1.69. The number of cyclic esters (lactones) is 1. The van der Waals surface area contributed by atoms with E-state index in [4.69, 9.17) is 4.74 Å². The minimum atomic E-state index is -0.0235. The Bertz CT molecular complexity index is 337. The third kappa shape index (κ3) is 2.61. The van der Waals surface area contributed by atoms with Gasteiger partial charge in [0.15, 0.2) is 0 Å². The quantitative estimate of drug-likeness (QED) is 0.614. The van der Waals surface area contributed by atoms with Crippen LogP contribution in [0.2, 0.25) is 4.82 Å². The molecule has 1 fully saturated rings. The first-order chi connectivity index (χ1) is 7.29. The molecular weight excluding hydrogens is 255 g/mol. The molecule has 0 amide bonds. The summed E-state index contributed by atoms with van der Waals surface area (Å²) in [5, 5.41) is 0. The van der Waals surface area contributed by atoms with Gasteiger partial charge in [-0.1, -0.05) is 0 Å². The summed E-state index contributed by atoms with van der Waals surface area (Å²) >= 11 is 0.355. The zero-order valence-electron chi connectivity index (χ0n) is 8.68. The second-order valence-corrected chi connectivity index (χ2v) is 6.36. The van der Waals surface area contributed by atoms with Crippen molar-refractivity contribution in [2.24, 2.45) is 0 Å². The zero-order chi connectivity index (χ0) is 10.7. The van der Waals surface area contributed by atoms with Crippen LogP contribution < -0.4 is 4.46 Å². The fraction of sp³-hybridized carbons (Fsp3) is 0.417. The summed E-state index contributed by atoms with van der Waals surface area (Å²) < 4.78 is 6.63. The number of rotatable bonds is 3. The Morgan fingerprint density at radius 3 is 2.80 bits per heavy atom. The van der Waals surface area contributed by atoms with Crippen molar-refractivity contribution >= 4 is 25.4 Å². The van der Waals surface area contributed by atoms with Crippen LogP contribution >= 0.6 is 0 Å². The zero-order valence-corrected chi connectivity index (χ0v) is 10.4. The number of ether oxygens (including phenoxy) is 1. The first-order valence-corrected chi connectivity index (χ1v) is 7.05. The van der Waals surface area contributed by atoms with Crippen LogP contribution in [0.15, 0.2) is 30.3 Å². The van der Waals surface area contributed by atoms with Crippen molar-refractivity contribution < 1.29 is 9.53 Å². The second-order valence-electron chi connectivity index (χ2n) is 3.61. The van der Waals surface area contributed by atoms with Gasteiger partial charge in [-0.15, -0.1) is 0 Å². The number of carbonyl (C=O) groups is 1. The number of benzene rings is 1. The Morgan fingerprint density at radius 1 is 1.40 bits per heavy atom. The van der Waals surface area contributed by atoms with Crippen molar-refractivity contribution in [3.8, 4) is 0 Å². The van der Waals surface area contributed by atoms with Crippen molar-refractivity contribution in [1.29, 1.82) is 0 Å². The molecule has 0 saturated carbocycles. The fourth-order valence-electron chi connectivity index (χ4n) is 1.73. The standard InChI is InChI=1S/C12H14O2Se/c1-2-10-11(8-12(13)14-10)15-9-6-4-3-5-7-9/h3-7,10-11H,2,8H2,1H3. The molecule has 80 valence electrons. The van der Waals surface area contributed by atoms with Gasteiger partial charge in [0.1, 0.15) is 0 Å². The second kappa shape index (κ2) is 4.82. The van der Waals surface area contributed by atoms with E-state index in [-0.39, 0.29) is 12.1 Å². The van der Waals surface area contributed by atoms with Crippen LogP contribution in [0.3, 0.4) is 0 Å². The van der Waals surface area contributed by atoms with Crippen molar-refractivity contribution in [1.82, 2.24) is 0 Å². The SMILES string of the molecule is CCC1OC(=O)CC1[Se]c1ccccc1. The molecule has 1 saturated heterocycles. The molecule has 0 aliphatic carbocycles. The topological polar surface area (TPSA) is 26.3 Å². The molecule has 1 aromatic carbocycles. The summed E-state index contributed by atoms with van der Waals surface area (Å²) in [4.78, 5) is 11.6. The summed E-state index contributed by atoms with van der Waals surface area (Å²) in [5.74, 6) is -0.0235. The molecule has 2 rings (SSSR count). The van der Waals surface area contributed by atoms with E-state index >= 15 is 0 Å². The minimum absolute atomic E-state index is 0.0235. The van der Waals surface area contributed by atoms with E-state index in [1.807, 2.05) is 6.07 Å². The maximum atomic E-state index is 11.2. The summed E-state index contributed by atoms with van der Waals surface area (Å²) in [5.41, 5.74) is 0. The van der Waals surface area contributed by atoms with E-state index < -0.39 is 0 Å². The molecule has 0 spiro atoms. The Balaban J connectivity index is 2.03. The third-order valence-electron chi connectivity index (χ3n) is 2.50. The van der Waals surface area contributed by atoms with Crippen LogP contribution in [-0.4, -0.2) is 27.0 Å². The first-order valence-electron chi connectivity index (χ1n) is 5.20. The van der Waals surface area contributed by atoms with E-state index in [0.29, 0.717) is 26.2 Å². The normalized spacial score (nSPS) is 25.3. The van der Waals surface area contributed by atoms with Gasteiger partial charge in [-0.05, 0) is 0 Å². The van der Waals surface area contributed by atoms with Crippen molar-refractivity contribution in [3.63, 3.8) is 0 Å². The number of esters is 1. The molecule has 2 atom stereocenters. The number of carbonyl (C=O) groups excluding carboxylic acids is 1. The average molecular weight is 269 g/mol. The Labute approximate surface area is 96.2 Å². The molecule has 2 nitrogen and oxygen atoms in total. The molecule has 1 aromatic rings. The van der Waals surface area contributed by atoms with Crippen LogP contribution in [0.4, 0.5) is 0 Å². The molecule has 0 N–H and O–H groups in total. The molecule has 0 bridgehead atoms. The molecule has 2 unspecified atom stereocenters. The van der Waals surface area contributed by atoms with Gasteiger partial charge in [0.2, 0.25) is 0 Å². The predicted octanol–water partition coefficient (Wildman–Crippen LogP) is 1.53. The maximum absolute atomic E-state index is 11.2. The van der Waals surface area contributed by atoms with E-state index in [9.17, 15) is 4.79 Å². The van der Waals surface area contributed by atoms with Gasteiger partial charge >= 0.3 is 95.9 Å². The van der Waals surface area contributed by atoms with Crippen LogP contribution in [-0.2, 0) is 9.53 Å². The Hall–Kier alpha value is -0.791. The van der Waals surface area contributed by atoms with Gasteiger partial charge in [-0.2, -0.15) is 0 Å². The van der Waals surface area contributed by atoms with E-state index in [1.54, 1.807) is 0 Å². The van der Waals surface area contributed by atoms with Crippen LogP contribution in [0, 0.1) is 0 Å². The average Bonchev–Trinajstić information content (AvgIpc) is 2.60. The molecule has 0 radical (unpaired) electrons. The van der Waals surface area contributed by atoms with E-state index in [2.05, 4.69) is 31.2 Å². The van der Waals surface area contributed by atoms with Crippen molar-refractivity contribution in [2.45, 2.75) is 30.7 Å². The van der Waals surface area contributed by atoms with Gasteiger partial charge < -0.3 is 0 Å². The molecule has 1 aliphatic rings. The van der Waals surface area contributed by atoms with Crippen molar-refractivity contribution in [3.05, 3.63) is 30.3 Å². The van der Waals surface area contributed by atoms with E-state index in [0.717, 1.165) is 6.42 Å². The molecule has 3 heteroatoms. The number of hydrogen-bond acceptors (Lipinski definition) is 2. The van der Waals surface area contributed by atoms with Gasteiger partial charge in [-0.25, -0.2) is 0 Å². The first kappa shape index (κ1) is 10.7. The monoisotopic (exact) mass is 270 g/mol. The van der Waals surface area contributed by atoms with Gasteiger partial charge in [0.05, 0.1) is 0 Å². The Kier molecular flexibility index (Phi) is 3.45. The fourth-order valence-corrected chi connectivity index (χ4v) is 4.42. The molecule has 15 heavy (non-hydrogen) atoms. The summed E-state index contributed by atoms with van der Waals surface area (Å²) in [7, 11) is 0. The Morgan fingerprint density at radius 2 is 2.13 bits per heavy atom. The van der Waals surface area contributed by atoms with Crippen LogP contribution in [0.25, 0.3) is 0 Å². The molecule has 1 heterocycles. The molecule has 0 aromatic heterocycles. The van der Waals surface area contributed by atoms with Gasteiger partial charge in [-0.3, -0.25) is 0 Å². The summed E-state index contributed by atoms with van der Waals surface area (Å²) in [6, 6.07) is 10.4. The van der Waals surface area contributed by atoms with Gasteiger partial charge in [0, 0.05) is 0 Å². The molecular formula is C12H14O2Se.